The fourth-order valence-corrected chi connectivity index (χ4v) is 1.38. The van der Waals surface area contributed by atoms with Crippen LogP contribution in [0.15, 0.2) is 24.3 Å². The Balaban J connectivity index is 0.00000289. The summed E-state index contributed by atoms with van der Waals surface area (Å²) in [6, 6.07) is 6.12. The number of rotatable bonds is 5. The highest BCUT2D eigenvalue weighted by molar-refractivity contribution is 5.85. The second kappa shape index (κ2) is 8.06. The molecule has 5 heteroatoms. The lowest BCUT2D eigenvalue weighted by atomic mass is 10.0. The molecule has 2 atom stereocenters. The number of halogens is 2. The van der Waals surface area contributed by atoms with Gasteiger partial charge in [0.2, 0.25) is 5.91 Å². The van der Waals surface area contributed by atoms with Crippen molar-refractivity contribution in [1.29, 1.82) is 0 Å². The van der Waals surface area contributed by atoms with Gasteiger partial charge in [0.05, 0.1) is 0 Å². The Bertz CT molecular complexity index is 368. The van der Waals surface area contributed by atoms with Crippen LogP contribution in [0.1, 0.15) is 19.4 Å². The summed E-state index contributed by atoms with van der Waals surface area (Å²) >= 11 is 0. The summed E-state index contributed by atoms with van der Waals surface area (Å²) in [5.41, 5.74) is 6.63. The van der Waals surface area contributed by atoms with E-state index in [1.807, 2.05) is 6.92 Å². The van der Waals surface area contributed by atoms with E-state index in [-0.39, 0.29) is 36.1 Å². The molecule has 0 radical (unpaired) electrons. The van der Waals surface area contributed by atoms with Crippen molar-refractivity contribution < 1.29 is 9.18 Å². The predicted octanol–water partition coefficient (Wildman–Crippen LogP) is 1.89. The summed E-state index contributed by atoms with van der Waals surface area (Å²) < 4.78 is 12.6. The second-order valence-corrected chi connectivity index (χ2v) is 4.32. The number of carbonyl (C=O) groups is 1. The Labute approximate surface area is 113 Å². The van der Waals surface area contributed by atoms with Gasteiger partial charge in [-0.3, -0.25) is 4.79 Å². The minimum absolute atomic E-state index is 0. The maximum absolute atomic E-state index is 12.6. The SMILES string of the molecule is CC(N)C(C)C(=O)NCCc1ccc(F)cc1.Cl. The van der Waals surface area contributed by atoms with Gasteiger partial charge in [0.25, 0.3) is 0 Å². The zero-order valence-corrected chi connectivity index (χ0v) is 11.5. The molecule has 1 rings (SSSR count). The number of hydrogen-bond acceptors (Lipinski definition) is 2. The molecule has 0 aromatic heterocycles. The molecule has 0 bridgehead atoms. The molecular weight excluding hydrogens is 255 g/mol. The van der Waals surface area contributed by atoms with E-state index in [0.717, 1.165) is 5.56 Å². The maximum Gasteiger partial charge on any atom is 0.224 e. The van der Waals surface area contributed by atoms with Crippen molar-refractivity contribution in [1.82, 2.24) is 5.32 Å². The van der Waals surface area contributed by atoms with Crippen molar-refractivity contribution in [2.45, 2.75) is 26.3 Å². The van der Waals surface area contributed by atoms with Crippen molar-refractivity contribution in [2.75, 3.05) is 6.54 Å². The maximum atomic E-state index is 12.6. The molecule has 0 fully saturated rings. The molecule has 0 saturated heterocycles. The van der Waals surface area contributed by atoms with Gasteiger partial charge < -0.3 is 11.1 Å². The van der Waals surface area contributed by atoms with Gasteiger partial charge in [-0.05, 0) is 31.0 Å². The van der Waals surface area contributed by atoms with Crippen molar-refractivity contribution in [3.63, 3.8) is 0 Å². The van der Waals surface area contributed by atoms with Crippen LogP contribution in [-0.4, -0.2) is 18.5 Å². The van der Waals surface area contributed by atoms with Gasteiger partial charge in [-0.25, -0.2) is 4.39 Å². The molecule has 2 unspecified atom stereocenters. The van der Waals surface area contributed by atoms with E-state index < -0.39 is 0 Å². The minimum atomic E-state index is -0.247. The standard InChI is InChI=1S/C13H19FN2O.ClH/c1-9(10(2)15)13(17)16-8-7-11-3-5-12(14)6-4-11;/h3-6,9-10H,7-8,15H2,1-2H3,(H,16,17);1H. The first kappa shape index (κ1) is 16.9. The van der Waals surface area contributed by atoms with Crippen molar-refractivity contribution in [3.05, 3.63) is 35.6 Å². The lowest BCUT2D eigenvalue weighted by Crippen LogP contribution is -2.39. The van der Waals surface area contributed by atoms with Crippen LogP contribution in [0.5, 0.6) is 0 Å². The predicted molar refractivity (Wildman–Crippen MR) is 73.2 cm³/mol. The smallest absolute Gasteiger partial charge is 0.224 e. The zero-order valence-electron chi connectivity index (χ0n) is 10.7. The summed E-state index contributed by atoms with van der Waals surface area (Å²) in [7, 11) is 0. The molecule has 0 aliphatic carbocycles. The third-order valence-corrected chi connectivity index (χ3v) is 2.83. The number of carbonyl (C=O) groups excluding carboxylic acids is 1. The van der Waals surface area contributed by atoms with E-state index in [1.54, 1.807) is 19.1 Å². The highest BCUT2D eigenvalue weighted by atomic mass is 35.5. The molecule has 3 nitrogen and oxygen atoms in total. The average Bonchev–Trinajstić information content (AvgIpc) is 2.30. The van der Waals surface area contributed by atoms with Crippen LogP contribution >= 0.6 is 12.4 Å². The molecule has 0 aliphatic heterocycles. The van der Waals surface area contributed by atoms with E-state index in [1.165, 1.54) is 12.1 Å². The van der Waals surface area contributed by atoms with E-state index >= 15 is 0 Å². The van der Waals surface area contributed by atoms with Crippen LogP contribution < -0.4 is 11.1 Å². The summed E-state index contributed by atoms with van der Waals surface area (Å²) in [6.45, 7) is 4.16. The first-order chi connectivity index (χ1) is 8.00. The van der Waals surface area contributed by atoms with Crippen LogP contribution in [0, 0.1) is 11.7 Å². The minimum Gasteiger partial charge on any atom is -0.355 e. The number of nitrogens with two attached hydrogens (primary N) is 1. The lowest BCUT2D eigenvalue weighted by molar-refractivity contribution is -0.124. The molecule has 1 amide bonds. The molecule has 0 spiro atoms. The number of amides is 1. The first-order valence-corrected chi connectivity index (χ1v) is 5.78. The van der Waals surface area contributed by atoms with E-state index in [0.29, 0.717) is 13.0 Å². The van der Waals surface area contributed by atoms with Gasteiger partial charge >= 0.3 is 0 Å². The van der Waals surface area contributed by atoms with E-state index in [2.05, 4.69) is 5.32 Å². The third kappa shape index (κ3) is 5.47. The van der Waals surface area contributed by atoms with Crippen molar-refractivity contribution in [2.24, 2.45) is 11.7 Å². The van der Waals surface area contributed by atoms with Crippen molar-refractivity contribution >= 4 is 18.3 Å². The van der Waals surface area contributed by atoms with Crippen molar-refractivity contribution in [3.8, 4) is 0 Å². The van der Waals surface area contributed by atoms with Crippen LogP contribution in [-0.2, 0) is 11.2 Å². The van der Waals surface area contributed by atoms with Gasteiger partial charge in [0.1, 0.15) is 5.82 Å². The summed E-state index contributed by atoms with van der Waals surface area (Å²) in [4.78, 5) is 11.6. The average molecular weight is 275 g/mol. The molecular formula is C13H20ClFN2O. The quantitative estimate of drug-likeness (QED) is 0.862. The highest BCUT2D eigenvalue weighted by Gasteiger charge is 2.15. The zero-order chi connectivity index (χ0) is 12.8. The molecule has 0 heterocycles. The van der Waals surface area contributed by atoms with Crippen LogP contribution in [0.25, 0.3) is 0 Å². The Hall–Kier alpha value is -1.13. The lowest BCUT2D eigenvalue weighted by Gasteiger charge is -2.15. The molecule has 1 aromatic rings. The molecule has 0 saturated carbocycles. The Morgan fingerprint density at radius 3 is 2.39 bits per heavy atom. The summed E-state index contributed by atoms with van der Waals surface area (Å²) in [6.07, 6.45) is 0.692. The van der Waals surface area contributed by atoms with Gasteiger partial charge in [-0.15, -0.1) is 12.4 Å². The van der Waals surface area contributed by atoms with Crippen LogP contribution in [0.3, 0.4) is 0 Å². The second-order valence-electron chi connectivity index (χ2n) is 4.32. The topological polar surface area (TPSA) is 55.1 Å². The molecule has 102 valence electrons. The molecule has 1 aromatic carbocycles. The number of benzene rings is 1. The Morgan fingerprint density at radius 1 is 1.33 bits per heavy atom. The molecule has 0 aliphatic rings. The fraction of sp³-hybridized carbons (Fsp3) is 0.462. The van der Waals surface area contributed by atoms with Gasteiger partial charge in [0, 0.05) is 18.5 Å². The Kier molecular flexibility index (Phi) is 7.55. The van der Waals surface area contributed by atoms with E-state index in [9.17, 15) is 9.18 Å². The molecule has 18 heavy (non-hydrogen) atoms. The van der Waals surface area contributed by atoms with Gasteiger partial charge in [-0.1, -0.05) is 19.1 Å². The first-order valence-electron chi connectivity index (χ1n) is 5.78. The normalized spacial score (nSPS) is 13.3. The third-order valence-electron chi connectivity index (χ3n) is 2.83. The summed E-state index contributed by atoms with van der Waals surface area (Å²) in [5.74, 6) is -0.478. The number of nitrogens with one attached hydrogen (secondary N) is 1. The largest absolute Gasteiger partial charge is 0.355 e. The Morgan fingerprint density at radius 2 is 1.89 bits per heavy atom. The number of hydrogen-bond donors (Lipinski definition) is 2. The molecule has 3 N–H and O–H groups in total. The van der Waals surface area contributed by atoms with Crippen LogP contribution in [0.4, 0.5) is 4.39 Å². The van der Waals surface area contributed by atoms with Gasteiger partial charge in [-0.2, -0.15) is 0 Å². The van der Waals surface area contributed by atoms with E-state index in [4.69, 9.17) is 5.73 Å². The van der Waals surface area contributed by atoms with Gasteiger partial charge in [0.15, 0.2) is 0 Å². The summed E-state index contributed by atoms with van der Waals surface area (Å²) in [5, 5.41) is 2.81. The fourth-order valence-electron chi connectivity index (χ4n) is 1.38. The highest BCUT2D eigenvalue weighted by Crippen LogP contribution is 2.03. The monoisotopic (exact) mass is 274 g/mol. The van der Waals surface area contributed by atoms with Crippen LogP contribution in [0.2, 0.25) is 0 Å².